The van der Waals surface area contributed by atoms with Crippen LogP contribution in [0.15, 0.2) is 35.4 Å². The van der Waals surface area contributed by atoms with Crippen LogP contribution in [0.5, 0.6) is 0 Å². The Morgan fingerprint density at radius 2 is 2.06 bits per heavy atom. The number of nitrogens with two attached hydrogens (primary N) is 1. The van der Waals surface area contributed by atoms with Crippen LogP contribution >= 0.6 is 0 Å². The predicted octanol–water partition coefficient (Wildman–Crippen LogP) is 0.833. The van der Waals surface area contributed by atoms with Crippen LogP contribution in [0.1, 0.15) is 11.1 Å². The number of nitrogens with zero attached hydrogens (tertiary/aromatic N) is 2. The summed E-state index contributed by atoms with van der Waals surface area (Å²) in [6, 6.07) is 4.45. The molecule has 2 rings (SSSR count). The molecule has 0 unspecified atom stereocenters. The zero-order valence-corrected chi connectivity index (χ0v) is 9.56. The lowest BCUT2D eigenvalue weighted by atomic mass is 10.1. The Bertz CT molecular complexity index is 586. The van der Waals surface area contributed by atoms with Gasteiger partial charge in [-0.2, -0.15) is 0 Å². The van der Waals surface area contributed by atoms with Crippen LogP contribution < -0.4 is 11.4 Å². The normalized spacial score (nSPS) is 10.8. The third-order valence-corrected chi connectivity index (χ3v) is 2.75. The lowest BCUT2D eigenvalue weighted by molar-refractivity contribution is 0.622. The maximum Gasteiger partial charge on any atom is 0.328 e. The Labute approximate surface area is 98.1 Å². The molecular formula is C12H14FN3O. The highest BCUT2D eigenvalue weighted by atomic mass is 19.1. The number of hydrogen-bond acceptors (Lipinski definition) is 2. The molecule has 0 aliphatic carbocycles. The van der Waals surface area contributed by atoms with Crippen molar-refractivity contribution in [2.75, 3.05) is 0 Å². The Balaban J connectivity index is 2.36. The maximum absolute atomic E-state index is 13.0. The van der Waals surface area contributed by atoms with Crippen molar-refractivity contribution in [3.05, 3.63) is 58.0 Å². The summed E-state index contributed by atoms with van der Waals surface area (Å²) in [4.78, 5) is 11.7. The third-order valence-electron chi connectivity index (χ3n) is 2.75. The van der Waals surface area contributed by atoms with Gasteiger partial charge in [0.2, 0.25) is 0 Å². The van der Waals surface area contributed by atoms with Crippen LogP contribution in [-0.4, -0.2) is 9.13 Å². The van der Waals surface area contributed by atoms with Crippen molar-refractivity contribution in [3.63, 3.8) is 0 Å². The Morgan fingerprint density at radius 1 is 1.29 bits per heavy atom. The van der Waals surface area contributed by atoms with Gasteiger partial charge in [0.25, 0.3) is 0 Å². The zero-order chi connectivity index (χ0) is 12.4. The van der Waals surface area contributed by atoms with Crippen molar-refractivity contribution in [3.8, 4) is 0 Å². The Hall–Kier alpha value is -1.88. The molecule has 17 heavy (non-hydrogen) atoms. The molecule has 0 fully saturated rings. The predicted molar refractivity (Wildman–Crippen MR) is 63.1 cm³/mol. The summed E-state index contributed by atoms with van der Waals surface area (Å²) < 4.78 is 16.1. The number of imidazole rings is 1. The number of halogens is 1. The highest BCUT2D eigenvalue weighted by Gasteiger charge is 2.06. The minimum absolute atomic E-state index is 0.0997. The van der Waals surface area contributed by atoms with Crippen molar-refractivity contribution >= 4 is 0 Å². The topological polar surface area (TPSA) is 52.9 Å². The van der Waals surface area contributed by atoms with Gasteiger partial charge in [0.15, 0.2) is 0 Å². The third kappa shape index (κ3) is 2.29. The van der Waals surface area contributed by atoms with Crippen LogP contribution in [0.2, 0.25) is 0 Å². The minimum Gasteiger partial charge on any atom is -0.326 e. The SMILES string of the molecule is Cn1ccn(Cc2ccc(F)cc2CN)c1=O. The van der Waals surface area contributed by atoms with E-state index in [0.717, 1.165) is 11.1 Å². The van der Waals surface area contributed by atoms with Crippen LogP contribution in [0.4, 0.5) is 4.39 Å². The smallest absolute Gasteiger partial charge is 0.326 e. The molecule has 90 valence electrons. The molecule has 0 saturated heterocycles. The fraction of sp³-hybridized carbons (Fsp3) is 0.250. The molecule has 5 heteroatoms. The quantitative estimate of drug-likeness (QED) is 0.856. The Morgan fingerprint density at radius 3 is 2.65 bits per heavy atom. The molecule has 0 radical (unpaired) electrons. The number of hydrogen-bond donors (Lipinski definition) is 1. The van der Waals surface area contributed by atoms with E-state index in [-0.39, 0.29) is 18.1 Å². The highest BCUT2D eigenvalue weighted by Crippen LogP contribution is 2.11. The molecule has 1 aromatic heterocycles. The maximum atomic E-state index is 13.0. The van der Waals surface area contributed by atoms with E-state index < -0.39 is 0 Å². The van der Waals surface area contributed by atoms with Gasteiger partial charge in [-0.05, 0) is 23.3 Å². The monoisotopic (exact) mass is 235 g/mol. The van der Waals surface area contributed by atoms with E-state index in [9.17, 15) is 9.18 Å². The molecule has 0 spiro atoms. The van der Waals surface area contributed by atoms with Crippen molar-refractivity contribution in [1.29, 1.82) is 0 Å². The first-order chi connectivity index (χ1) is 8.11. The zero-order valence-electron chi connectivity index (χ0n) is 9.56. The summed E-state index contributed by atoms with van der Waals surface area (Å²) in [7, 11) is 1.69. The van der Waals surface area contributed by atoms with Gasteiger partial charge in [0, 0.05) is 26.0 Å². The molecule has 0 aliphatic rings. The molecule has 0 saturated carbocycles. The first-order valence-corrected chi connectivity index (χ1v) is 5.31. The van der Waals surface area contributed by atoms with Gasteiger partial charge in [-0.3, -0.25) is 4.57 Å². The van der Waals surface area contributed by atoms with Gasteiger partial charge in [0.1, 0.15) is 5.82 Å². The number of rotatable bonds is 3. The van der Waals surface area contributed by atoms with E-state index >= 15 is 0 Å². The molecule has 2 aromatic rings. The molecule has 0 bridgehead atoms. The fourth-order valence-corrected chi connectivity index (χ4v) is 1.75. The fourth-order valence-electron chi connectivity index (χ4n) is 1.75. The van der Waals surface area contributed by atoms with E-state index in [2.05, 4.69) is 0 Å². The Kier molecular flexibility index (Phi) is 3.10. The first kappa shape index (κ1) is 11.6. The average molecular weight is 235 g/mol. The summed E-state index contributed by atoms with van der Waals surface area (Å²) in [5, 5.41) is 0. The summed E-state index contributed by atoms with van der Waals surface area (Å²) in [5.74, 6) is -0.311. The molecule has 0 amide bonds. The van der Waals surface area contributed by atoms with Gasteiger partial charge < -0.3 is 10.3 Å². The average Bonchev–Trinajstić information content (AvgIpc) is 2.63. The van der Waals surface area contributed by atoms with Crippen LogP contribution in [0.25, 0.3) is 0 Å². The molecular weight excluding hydrogens is 221 g/mol. The van der Waals surface area contributed by atoms with Gasteiger partial charge in [0.05, 0.1) is 6.54 Å². The largest absolute Gasteiger partial charge is 0.328 e. The van der Waals surface area contributed by atoms with E-state index in [4.69, 9.17) is 5.73 Å². The minimum atomic E-state index is -0.311. The van der Waals surface area contributed by atoms with Crippen molar-refractivity contribution < 1.29 is 4.39 Å². The number of aromatic nitrogens is 2. The molecule has 2 N–H and O–H groups in total. The number of benzene rings is 1. The summed E-state index contributed by atoms with van der Waals surface area (Å²) in [6.07, 6.45) is 3.39. The second-order valence-electron chi connectivity index (χ2n) is 3.94. The van der Waals surface area contributed by atoms with Crippen LogP contribution in [0, 0.1) is 5.82 Å². The van der Waals surface area contributed by atoms with Crippen molar-refractivity contribution in [2.24, 2.45) is 12.8 Å². The first-order valence-electron chi connectivity index (χ1n) is 5.31. The second kappa shape index (κ2) is 4.55. The summed E-state index contributed by atoms with van der Waals surface area (Å²) in [6.45, 7) is 0.668. The molecule has 0 aliphatic heterocycles. The summed E-state index contributed by atoms with van der Waals surface area (Å²) in [5.41, 5.74) is 7.04. The molecule has 0 atom stereocenters. The van der Waals surface area contributed by atoms with Crippen molar-refractivity contribution in [2.45, 2.75) is 13.1 Å². The van der Waals surface area contributed by atoms with E-state index in [1.807, 2.05) is 0 Å². The van der Waals surface area contributed by atoms with Gasteiger partial charge in [-0.25, -0.2) is 9.18 Å². The van der Waals surface area contributed by atoms with Crippen LogP contribution in [-0.2, 0) is 20.1 Å². The van der Waals surface area contributed by atoms with Gasteiger partial charge in [-0.15, -0.1) is 0 Å². The molecule has 4 nitrogen and oxygen atoms in total. The van der Waals surface area contributed by atoms with E-state index in [1.54, 1.807) is 30.1 Å². The lowest BCUT2D eigenvalue weighted by Crippen LogP contribution is -2.23. The molecule has 1 aromatic carbocycles. The second-order valence-corrected chi connectivity index (χ2v) is 3.94. The molecule has 1 heterocycles. The van der Waals surface area contributed by atoms with E-state index in [1.165, 1.54) is 16.7 Å². The van der Waals surface area contributed by atoms with Crippen molar-refractivity contribution in [1.82, 2.24) is 9.13 Å². The van der Waals surface area contributed by atoms with E-state index in [0.29, 0.717) is 6.54 Å². The van der Waals surface area contributed by atoms with Gasteiger partial charge in [-0.1, -0.05) is 6.07 Å². The highest BCUT2D eigenvalue weighted by molar-refractivity contribution is 5.28. The lowest BCUT2D eigenvalue weighted by Gasteiger charge is -2.08. The number of aryl methyl sites for hydroxylation is 1. The van der Waals surface area contributed by atoms with Gasteiger partial charge >= 0.3 is 5.69 Å². The summed E-state index contributed by atoms with van der Waals surface area (Å²) >= 11 is 0. The van der Waals surface area contributed by atoms with Crippen LogP contribution in [0.3, 0.4) is 0 Å². The standard InChI is InChI=1S/C12H14FN3O/c1-15-4-5-16(12(15)17)8-9-2-3-11(13)6-10(9)7-14/h2-6H,7-8,14H2,1H3.